The first-order valence-electron chi connectivity index (χ1n) is 9.90. The highest BCUT2D eigenvalue weighted by atomic mass is 16.3. The molecule has 1 saturated heterocycles. The summed E-state index contributed by atoms with van der Waals surface area (Å²) in [5.74, 6) is 1.26. The van der Waals surface area contributed by atoms with Gasteiger partial charge in [0.05, 0.1) is 6.10 Å². The van der Waals surface area contributed by atoms with Crippen molar-refractivity contribution in [2.45, 2.75) is 51.2 Å². The van der Waals surface area contributed by atoms with Crippen LogP contribution in [-0.2, 0) is 9.59 Å². The summed E-state index contributed by atoms with van der Waals surface area (Å²) in [5.41, 5.74) is 0.357. The number of rotatable bonds is 0. The number of hydrogen-bond acceptors (Lipinski definition) is 4. The van der Waals surface area contributed by atoms with Gasteiger partial charge in [0.2, 0.25) is 0 Å². The van der Waals surface area contributed by atoms with E-state index in [2.05, 4.69) is 25.5 Å². The van der Waals surface area contributed by atoms with E-state index < -0.39 is 6.10 Å². The van der Waals surface area contributed by atoms with Crippen LogP contribution in [0.2, 0.25) is 0 Å². The molecule has 2 spiro atoms. The maximum absolute atomic E-state index is 13.4. The highest BCUT2D eigenvalue weighted by Crippen LogP contribution is 2.81. The number of ketones is 2. The molecule has 1 heterocycles. The summed E-state index contributed by atoms with van der Waals surface area (Å²) < 4.78 is 0. The number of carbonyl (C=O) groups is 2. The Balaban J connectivity index is 1.66. The van der Waals surface area contributed by atoms with Gasteiger partial charge in [0.25, 0.3) is 0 Å². The van der Waals surface area contributed by atoms with Crippen molar-refractivity contribution in [3.05, 3.63) is 12.2 Å². The van der Waals surface area contributed by atoms with Gasteiger partial charge in [-0.2, -0.15) is 0 Å². The molecule has 4 heteroatoms. The third-order valence-corrected chi connectivity index (χ3v) is 9.72. The number of carbonyl (C=O) groups excluding carboxylic acids is 2. The molecule has 6 aliphatic carbocycles. The Morgan fingerprint density at radius 3 is 2.72 bits per heavy atom. The Bertz CT molecular complexity index is 760. The van der Waals surface area contributed by atoms with Gasteiger partial charge >= 0.3 is 0 Å². The smallest absolute Gasteiger partial charge is 0.145 e. The van der Waals surface area contributed by atoms with Crippen LogP contribution in [0.4, 0.5) is 0 Å². The maximum Gasteiger partial charge on any atom is 0.145 e. The van der Waals surface area contributed by atoms with E-state index in [4.69, 9.17) is 0 Å². The minimum atomic E-state index is -0.559. The van der Waals surface area contributed by atoms with E-state index in [0.29, 0.717) is 36.2 Å². The number of hydrogen-bond donors (Lipinski definition) is 1. The standard InChI is InChI=1S/C21H27NO3/c1-10-12-6-14-20(18(10)25)5-4-13-19(2)7-11(23)8-21(13,14)17(22(3)9-19)15(20)16(12)24/h12-15,17-18,25H,1,4-9H2,2-3H3. The Morgan fingerprint density at radius 1 is 1.20 bits per heavy atom. The molecule has 134 valence electrons. The van der Waals surface area contributed by atoms with Crippen molar-refractivity contribution in [2.75, 3.05) is 13.6 Å². The first-order chi connectivity index (χ1) is 11.8. The normalized spacial score (nSPS) is 61.8. The molecular weight excluding hydrogens is 314 g/mol. The molecule has 0 aromatic heterocycles. The van der Waals surface area contributed by atoms with Crippen molar-refractivity contribution in [3.8, 4) is 0 Å². The summed E-state index contributed by atoms with van der Waals surface area (Å²) in [7, 11) is 2.16. The zero-order chi connectivity index (χ0) is 17.5. The lowest BCUT2D eigenvalue weighted by molar-refractivity contribution is -0.194. The van der Waals surface area contributed by atoms with Crippen molar-refractivity contribution < 1.29 is 14.7 Å². The fourth-order valence-corrected chi connectivity index (χ4v) is 9.59. The molecule has 7 fully saturated rings. The Labute approximate surface area is 148 Å². The number of nitrogens with zero attached hydrogens (tertiary/aromatic N) is 1. The molecule has 6 bridgehead atoms. The number of likely N-dealkylation sites (tertiary alicyclic amines) is 1. The lowest BCUT2D eigenvalue weighted by atomic mass is 9.39. The Kier molecular flexibility index (Phi) is 2.39. The van der Waals surface area contributed by atoms with Gasteiger partial charge in [-0.1, -0.05) is 13.5 Å². The molecule has 0 aromatic rings. The van der Waals surface area contributed by atoms with Crippen LogP contribution in [-0.4, -0.2) is 47.3 Å². The van der Waals surface area contributed by atoms with Gasteiger partial charge in [-0.3, -0.25) is 9.59 Å². The van der Waals surface area contributed by atoms with Crippen molar-refractivity contribution in [3.63, 3.8) is 0 Å². The van der Waals surface area contributed by atoms with Crippen molar-refractivity contribution in [1.29, 1.82) is 0 Å². The molecule has 4 nitrogen and oxygen atoms in total. The first-order valence-corrected chi connectivity index (χ1v) is 9.90. The van der Waals surface area contributed by atoms with E-state index in [0.717, 1.165) is 31.4 Å². The van der Waals surface area contributed by atoms with Gasteiger partial charge in [0, 0.05) is 48.1 Å². The van der Waals surface area contributed by atoms with Gasteiger partial charge in [-0.25, -0.2) is 0 Å². The molecule has 9 unspecified atom stereocenters. The van der Waals surface area contributed by atoms with Gasteiger partial charge in [-0.15, -0.1) is 0 Å². The fourth-order valence-electron chi connectivity index (χ4n) is 9.59. The summed E-state index contributed by atoms with van der Waals surface area (Å²) in [4.78, 5) is 28.7. The zero-order valence-corrected chi connectivity index (χ0v) is 15.1. The topological polar surface area (TPSA) is 57.6 Å². The summed E-state index contributed by atoms with van der Waals surface area (Å²) in [5, 5.41) is 11.2. The molecule has 6 saturated carbocycles. The highest BCUT2D eigenvalue weighted by Gasteiger charge is 2.83. The van der Waals surface area contributed by atoms with Gasteiger partial charge in [0.15, 0.2) is 0 Å². The van der Waals surface area contributed by atoms with Crippen molar-refractivity contribution in [2.24, 2.45) is 39.9 Å². The van der Waals surface area contributed by atoms with Gasteiger partial charge in [-0.05, 0) is 49.1 Å². The fraction of sp³-hybridized carbons (Fsp3) is 0.810. The van der Waals surface area contributed by atoms with Crippen molar-refractivity contribution >= 4 is 11.6 Å². The van der Waals surface area contributed by atoms with Crippen LogP contribution < -0.4 is 0 Å². The lowest BCUT2D eigenvalue weighted by Crippen LogP contribution is -2.67. The Morgan fingerprint density at radius 2 is 1.96 bits per heavy atom. The second-order valence-corrected chi connectivity index (χ2v) is 10.4. The number of Topliss-reactive ketones (excluding diaryl/α,β-unsaturated/α-hetero) is 2. The molecule has 7 aliphatic rings. The number of aliphatic hydroxyl groups is 1. The quantitative estimate of drug-likeness (QED) is 0.683. The second kappa shape index (κ2) is 3.96. The van der Waals surface area contributed by atoms with Crippen LogP contribution in [0.5, 0.6) is 0 Å². The van der Waals surface area contributed by atoms with E-state index in [1.54, 1.807) is 0 Å². The largest absolute Gasteiger partial charge is 0.388 e. The van der Waals surface area contributed by atoms with E-state index in [9.17, 15) is 14.7 Å². The SMILES string of the molecule is C=C1C2CC3C4(CCC5C6(C)CC(=O)CC53C(C4C2=O)N(C)C6)C1O. The van der Waals surface area contributed by atoms with Gasteiger partial charge in [0.1, 0.15) is 11.6 Å². The predicted octanol–water partition coefficient (Wildman–Crippen LogP) is 1.82. The average Bonchev–Trinajstić information content (AvgIpc) is 2.62. The zero-order valence-electron chi connectivity index (χ0n) is 15.1. The van der Waals surface area contributed by atoms with Crippen LogP contribution in [0, 0.1) is 39.9 Å². The minimum absolute atomic E-state index is 0.0317. The summed E-state index contributed by atoms with van der Waals surface area (Å²) in [6.07, 6.45) is 3.58. The van der Waals surface area contributed by atoms with Crippen LogP contribution >= 0.6 is 0 Å². The van der Waals surface area contributed by atoms with Crippen LogP contribution in [0.25, 0.3) is 0 Å². The van der Waals surface area contributed by atoms with E-state index in [1.807, 2.05) is 0 Å². The molecule has 0 radical (unpaired) electrons. The first kappa shape index (κ1) is 15.1. The molecular formula is C21H27NO3. The minimum Gasteiger partial charge on any atom is -0.388 e. The second-order valence-electron chi connectivity index (χ2n) is 10.4. The lowest BCUT2D eigenvalue weighted by Gasteiger charge is -2.67. The predicted molar refractivity (Wildman–Crippen MR) is 91.6 cm³/mol. The number of fused-ring (bicyclic) bond motifs is 1. The molecule has 7 rings (SSSR count). The molecule has 0 aromatic carbocycles. The molecule has 25 heavy (non-hydrogen) atoms. The average molecular weight is 341 g/mol. The van der Waals surface area contributed by atoms with E-state index >= 15 is 0 Å². The van der Waals surface area contributed by atoms with Gasteiger partial charge < -0.3 is 10.0 Å². The van der Waals surface area contributed by atoms with Crippen molar-refractivity contribution in [1.82, 2.24) is 4.90 Å². The van der Waals surface area contributed by atoms with E-state index in [1.165, 1.54) is 0 Å². The summed E-state index contributed by atoms with van der Waals surface area (Å²) >= 11 is 0. The maximum atomic E-state index is 13.4. The molecule has 1 N–H and O–H groups in total. The molecule has 9 atom stereocenters. The molecule has 0 amide bonds. The van der Waals surface area contributed by atoms with Crippen LogP contribution in [0.1, 0.15) is 39.0 Å². The van der Waals surface area contributed by atoms with E-state index in [-0.39, 0.29) is 34.1 Å². The summed E-state index contributed by atoms with van der Waals surface area (Å²) in [6, 6.07) is 0.141. The number of aliphatic hydroxyl groups excluding tert-OH is 1. The summed E-state index contributed by atoms with van der Waals surface area (Å²) in [6.45, 7) is 7.34. The molecule has 1 aliphatic heterocycles. The number of piperidine rings is 1. The van der Waals surface area contributed by atoms with Crippen LogP contribution in [0.15, 0.2) is 12.2 Å². The third kappa shape index (κ3) is 1.25. The van der Waals surface area contributed by atoms with Crippen LogP contribution in [0.3, 0.4) is 0 Å². The Hall–Kier alpha value is -1.00. The third-order valence-electron chi connectivity index (χ3n) is 9.72. The highest BCUT2D eigenvalue weighted by molar-refractivity contribution is 5.93. The monoisotopic (exact) mass is 341 g/mol.